The van der Waals surface area contributed by atoms with Crippen LogP contribution in [0.1, 0.15) is 12.8 Å². The first-order valence-electron chi connectivity index (χ1n) is 6.80. The lowest BCUT2D eigenvalue weighted by Gasteiger charge is -2.07. The SMILES string of the molecule is COc1ccc(Nc2ccc(NC(=O)C3CC3)nn2)cc1. The molecule has 1 fully saturated rings. The quantitative estimate of drug-likeness (QED) is 0.882. The molecular formula is C15H16N4O2. The minimum atomic E-state index is 0.0279. The summed E-state index contributed by atoms with van der Waals surface area (Å²) in [5.41, 5.74) is 0.889. The van der Waals surface area contributed by atoms with E-state index in [1.807, 2.05) is 24.3 Å². The van der Waals surface area contributed by atoms with Gasteiger partial charge in [0.2, 0.25) is 5.91 Å². The Bertz CT molecular complexity index is 621. The number of rotatable bonds is 5. The van der Waals surface area contributed by atoms with Gasteiger partial charge in [0.15, 0.2) is 11.6 Å². The maximum Gasteiger partial charge on any atom is 0.228 e. The van der Waals surface area contributed by atoms with E-state index in [0.29, 0.717) is 11.6 Å². The lowest BCUT2D eigenvalue weighted by atomic mass is 10.3. The molecular weight excluding hydrogens is 268 g/mol. The van der Waals surface area contributed by atoms with E-state index in [0.717, 1.165) is 24.3 Å². The molecule has 1 heterocycles. The predicted molar refractivity (Wildman–Crippen MR) is 79.7 cm³/mol. The van der Waals surface area contributed by atoms with Gasteiger partial charge < -0.3 is 15.4 Å². The molecule has 2 aromatic rings. The molecule has 1 saturated carbocycles. The summed E-state index contributed by atoms with van der Waals surface area (Å²) in [6, 6.07) is 11.0. The molecule has 0 saturated heterocycles. The topological polar surface area (TPSA) is 76.1 Å². The highest BCUT2D eigenvalue weighted by Crippen LogP contribution is 2.29. The second kappa shape index (κ2) is 5.78. The van der Waals surface area contributed by atoms with Crippen LogP contribution in [0.3, 0.4) is 0 Å². The van der Waals surface area contributed by atoms with Crippen LogP contribution in [0.4, 0.5) is 17.3 Å². The molecule has 108 valence electrons. The molecule has 1 aliphatic carbocycles. The van der Waals surface area contributed by atoms with Crippen LogP contribution in [-0.4, -0.2) is 23.2 Å². The number of amides is 1. The fraction of sp³-hybridized carbons (Fsp3) is 0.267. The number of anilines is 3. The van der Waals surface area contributed by atoms with E-state index in [1.165, 1.54) is 0 Å². The Kier molecular flexibility index (Phi) is 3.68. The minimum Gasteiger partial charge on any atom is -0.497 e. The number of methoxy groups -OCH3 is 1. The van der Waals surface area contributed by atoms with Crippen molar-refractivity contribution in [2.45, 2.75) is 12.8 Å². The number of ether oxygens (including phenoxy) is 1. The highest BCUT2D eigenvalue weighted by Gasteiger charge is 2.29. The molecule has 3 rings (SSSR count). The Hall–Kier alpha value is -2.63. The zero-order chi connectivity index (χ0) is 14.7. The monoisotopic (exact) mass is 284 g/mol. The van der Waals surface area contributed by atoms with Gasteiger partial charge in [0, 0.05) is 11.6 Å². The van der Waals surface area contributed by atoms with Crippen molar-refractivity contribution in [1.29, 1.82) is 0 Å². The van der Waals surface area contributed by atoms with Crippen molar-refractivity contribution in [1.82, 2.24) is 10.2 Å². The van der Waals surface area contributed by atoms with E-state index in [1.54, 1.807) is 19.2 Å². The van der Waals surface area contributed by atoms with Crippen molar-refractivity contribution in [3.8, 4) is 5.75 Å². The molecule has 0 atom stereocenters. The summed E-state index contributed by atoms with van der Waals surface area (Å²) in [7, 11) is 1.63. The predicted octanol–water partition coefficient (Wildman–Crippen LogP) is 2.58. The van der Waals surface area contributed by atoms with Gasteiger partial charge in [-0.05, 0) is 49.2 Å². The number of hydrogen-bond acceptors (Lipinski definition) is 5. The fourth-order valence-electron chi connectivity index (χ4n) is 1.86. The van der Waals surface area contributed by atoms with E-state index >= 15 is 0 Å². The molecule has 0 spiro atoms. The van der Waals surface area contributed by atoms with Gasteiger partial charge in [-0.2, -0.15) is 0 Å². The summed E-state index contributed by atoms with van der Waals surface area (Å²) in [6.07, 6.45) is 1.94. The maximum atomic E-state index is 11.6. The summed E-state index contributed by atoms with van der Waals surface area (Å²) in [5, 5.41) is 13.9. The highest BCUT2D eigenvalue weighted by atomic mass is 16.5. The lowest BCUT2D eigenvalue weighted by molar-refractivity contribution is -0.117. The first-order valence-corrected chi connectivity index (χ1v) is 6.80. The van der Waals surface area contributed by atoms with Gasteiger partial charge in [0.25, 0.3) is 0 Å². The molecule has 1 amide bonds. The molecule has 6 heteroatoms. The minimum absolute atomic E-state index is 0.0279. The van der Waals surface area contributed by atoms with Crippen LogP contribution in [-0.2, 0) is 4.79 Å². The van der Waals surface area contributed by atoms with Gasteiger partial charge >= 0.3 is 0 Å². The summed E-state index contributed by atoms with van der Waals surface area (Å²) in [6.45, 7) is 0. The largest absolute Gasteiger partial charge is 0.497 e. The third-order valence-electron chi connectivity index (χ3n) is 3.23. The zero-order valence-electron chi connectivity index (χ0n) is 11.7. The lowest BCUT2D eigenvalue weighted by Crippen LogP contribution is -2.14. The molecule has 2 N–H and O–H groups in total. The maximum absolute atomic E-state index is 11.6. The van der Waals surface area contributed by atoms with Gasteiger partial charge in [-0.25, -0.2) is 0 Å². The molecule has 1 aliphatic rings. The Morgan fingerprint density at radius 3 is 2.33 bits per heavy atom. The van der Waals surface area contributed by atoms with E-state index in [9.17, 15) is 4.79 Å². The van der Waals surface area contributed by atoms with Crippen molar-refractivity contribution >= 4 is 23.2 Å². The average Bonchev–Trinajstić information content (AvgIpc) is 3.35. The molecule has 1 aromatic carbocycles. The molecule has 0 bridgehead atoms. The summed E-state index contributed by atoms with van der Waals surface area (Å²) in [5.74, 6) is 2.07. The van der Waals surface area contributed by atoms with Crippen LogP contribution in [0.25, 0.3) is 0 Å². The van der Waals surface area contributed by atoms with Crippen LogP contribution in [0.2, 0.25) is 0 Å². The van der Waals surface area contributed by atoms with Crippen LogP contribution >= 0.6 is 0 Å². The van der Waals surface area contributed by atoms with Crippen molar-refractivity contribution < 1.29 is 9.53 Å². The van der Waals surface area contributed by atoms with E-state index in [2.05, 4.69) is 20.8 Å². The highest BCUT2D eigenvalue weighted by molar-refractivity contribution is 5.93. The van der Waals surface area contributed by atoms with E-state index < -0.39 is 0 Å². The standard InChI is InChI=1S/C15H16N4O2/c1-21-12-6-4-11(5-7-12)16-13-8-9-14(19-18-13)17-15(20)10-2-3-10/h4-10H,2-3H2,1H3,(H,16,18)(H,17,19,20). The van der Waals surface area contributed by atoms with E-state index in [4.69, 9.17) is 4.74 Å². The number of carbonyl (C=O) groups is 1. The summed E-state index contributed by atoms with van der Waals surface area (Å²) >= 11 is 0. The van der Waals surface area contributed by atoms with Crippen LogP contribution in [0, 0.1) is 5.92 Å². The first kappa shape index (κ1) is 13.4. The Morgan fingerprint density at radius 1 is 1.10 bits per heavy atom. The number of nitrogens with one attached hydrogen (secondary N) is 2. The van der Waals surface area contributed by atoms with Gasteiger partial charge in [0.05, 0.1) is 7.11 Å². The van der Waals surface area contributed by atoms with Gasteiger partial charge in [-0.15, -0.1) is 10.2 Å². The van der Waals surface area contributed by atoms with Crippen molar-refractivity contribution in [3.05, 3.63) is 36.4 Å². The normalized spacial score (nSPS) is 13.6. The molecule has 1 aromatic heterocycles. The van der Waals surface area contributed by atoms with Crippen molar-refractivity contribution in [2.24, 2.45) is 5.92 Å². The second-order valence-electron chi connectivity index (χ2n) is 4.92. The average molecular weight is 284 g/mol. The summed E-state index contributed by atoms with van der Waals surface area (Å²) in [4.78, 5) is 11.6. The fourth-order valence-corrected chi connectivity index (χ4v) is 1.86. The van der Waals surface area contributed by atoms with Crippen LogP contribution < -0.4 is 15.4 Å². The number of benzene rings is 1. The van der Waals surface area contributed by atoms with Crippen molar-refractivity contribution in [2.75, 3.05) is 17.7 Å². The Balaban J connectivity index is 1.61. The zero-order valence-corrected chi connectivity index (χ0v) is 11.7. The summed E-state index contributed by atoms with van der Waals surface area (Å²) < 4.78 is 5.10. The Labute approximate surface area is 122 Å². The van der Waals surface area contributed by atoms with Crippen LogP contribution in [0.15, 0.2) is 36.4 Å². The molecule has 6 nitrogen and oxygen atoms in total. The third kappa shape index (κ3) is 3.47. The van der Waals surface area contributed by atoms with E-state index in [-0.39, 0.29) is 11.8 Å². The van der Waals surface area contributed by atoms with Gasteiger partial charge in [-0.1, -0.05) is 0 Å². The number of carbonyl (C=O) groups excluding carboxylic acids is 1. The molecule has 0 radical (unpaired) electrons. The molecule has 0 aliphatic heterocycles. The van der Waals surface area contributed by atoms with Gasteiger partial charge in [-0.3, -0.25) is 4.79 Å². The molecule has 21 heavy (non-hydrogen) atoms. The Morgan fingerprint density at radius 2 is 1.76 bits per heavy atom. The van der Waals surface area contributed by atoms with Crippen molar-refractivity contribution in [3.63, 3.8) is 0 Å². The number of aromatic nitrogens is 2. The number of hydrogen-bond donors (Lipinski definition) is 2. The van der Waals surface area contributed by atoms with Gasteiger partial charge in [0.1, 0.15) is 5.75 Å². The second-order valence-corrected chi connectivity index (χ2v) is 4.92. The smallest absolute Gasteiger partial charge is 0.228 e. The van der Waals surface area contributed by atoms with Crippen LogP contribution in [0.5, 0.6) is 5.75 Å². The molecule has 0 unspecified atom stereocenters. The first-order chi connectivity index (χ1) is 10.2. The third-order valence-corrected chi connectivity index (χ3v) is 3.23. The number of nitrogens with zero attached hydrogens (tertiary/aromatic N) is 2.